The van der Waals surface area contributed by atoms with Crippen LogP contribution in [0.25, 0.3) is 0 Å². The maximum Gasteiger partial charge on any atom is 0.233 e. The second-order valence-corrected chi connectivity index (χ2v) is 6.45. The number of halogens is 1. The quantitative estimate of drug-likeness (QED) is 0.784. The zero-order valence-electron chi connectivity index (χ0n) is 12.0. The van der Waals surface area contributed by atoms with Gasteiger partial charge >= 0.3 is 0 Å². The van der Waals surface area contributed by atoms with Gasteiger partial charge < -0.3 is 0 Å². The molecule has 112 valence electrons. The molecular weight excluding hydrogens is 342 g/mol. The van der Waals surface area contributed by atoms with Crippen molar-refractivity contribution in [3.8, 4) is 0 Å². The van der Waals surface area contributed by atoms with Crippen molar-refractivity contribution in [3.63, 3.8) is 0 Å². The van der Waals surface area contributed by atoms with Crippen molar-refractivity contribution in [2.75, 3.05) is 0 Å². The van der Waals surface area contributed by atoms with Gasteiger partial charge in [-0.05, 0) is 29.7 Å². The van der Waals surface area contributed by atoms with E-state index in [-0.39, 0.29) is 17.7 Å². The Morgan fingerprint density at radius 1 is 0.955 bits per heavy atom. The number of nitrogens with zero attached hydrogens (tertiary/aromatic N) is 1. The Hall–Kier alpha value is -1.94. The minimum absolute atomic E-state index is 0.0585. The summed E-state index contributed by atoms with van der Waals surface area (Å²) in [6.07, 6.45) is 0.922. The first-order valence-electron chi connectivity index (χ1n) is 7.26. The summed E-state index contributed by atoms with van der Waals surface area (Å²) in [5.41, 5.74) is 2.06. The number of amides is 2. The molecule has 2 aromatic rings. The predicted molar refractivity (Wildman–Crippen MR) is 88.0 cm³/mol. The SMILES string of the molecule is O=C1C[C@H](Cc2ccc(Br)cc2)C(=O)N1Cc1ccccc1. The summed E-state index contributed by atoms with van der Waals surface area (Å²) in [6.45, 7) is 0.370. The second kappa shape index (κ2) is 6.44. The molecule has 3 rings (SSSR count). The first-order chi connectivity index (χ1) is 10.6. The van der Waals surface area contributed by atoms with E-state index in [4.69, 9.17) is 0 Å². The van der Waals surface area contributed by atoms with E-state index in [2.05, 4.69) is 15.9 Å². The second-order valence-electron chi connectivity index (χ2n) is 5.54. The van der Waals surface area contributed by atoms with Gasteiger partial charge in [0.1, 0.15) is 0 Å². The Labute approximate surface area is 138 Å². The number of hydrogen-bond donors (Lipinski definition) is 0. The van der Waals surface area contributed by atoms with E-state index >= 15 is 0 Å². The molecule has 0 saturated carbocycles. The van der Waals surface area contributed by atoms with Crippen molar-refractivity contribution < 1.29 is 9.59 Å². The molecule has 22 heavy (non-hydrogen) atoms. The molecule has 0 N–H and O–H groups in total. The van der Waals surface area contributed by atoms with Gasteiger partial charge in [0.25, 0.3) is 0 Å². The van der Waals surface area contributed by atoms with Gasteiger partial charge in [-0.2, -0.15) is 0 Å². The molecule has 1 atom stereocenters. The molecule has 1 fully saturated rings. The van der Waals surface area contributed by atoms with Gasteiger partial charge in [-0.25, -0.2) is 0 Å². The molecule has 2 amide bonds. The van der Waals surface area contributed by atoms with Gasteiger partial charge in [-0.15, -0.1) is 0 Å². The number of imide groups is 1. The smallest absolute Gasteiger partial charge is 0.233 e. The summed E-state index contributed by atoms with van der Waals surface area (Å²) in [5.74, 6) is -0.370. The van der Waals surface area contributed by atoms with Crippen LogP contribution in [-0.4, -0.2) is 16.7 Å². The van der Waals surface area contributed by atoms with E-state index in [1.165, 1.54) is 4.90 Å². The van der Waals surface area contributed by atoms with Crippen LogP contribution in [0.5, 0.6) is 0 Å². The number of hydrogen-bond acceptors (Lipinski definition) is 2. The minimum Gasteiger partial charge on any atom is -0.278 e. The third-order valence-electron chi connectivity index (χ3n) is 3.92. The zero-order chi connectivity index (χ0) is 15.5. The van der Waals surface area contributed by atoms with Crippen molar-refractivity contribution in [1.29, 1.82) is 0 Å². The maximum absolute atomic E-state index is 12.5. The molecule has 0 aromatic heterocycles. The van der Waals surface area contributed by atoms with Crippen LogP contribution in [0.3, 0.4) is 0 Å². The lowest BCUT2D eigenvalue weighted by Crippen LogP contribution is -2.30. The molecule has 0 unspecified atom stereocenters. The largest absolute Gasteiger partial charge is 0.278 e. The topological polar surface area (TPSA) is 37.4 Å². The van der Waals surface area contributed by atoms with E-state index < -0.39 is 0 Å². The number of rotatable bonds is 4. The summed E-state index contributed by atoms with van der Waals surface area (Å²) >= 11 is 3.40. The lowest BCUT2D eigenvalue weighted by atomic mass is 9.98. The number of carbonyl (C=O) groups is 2. The molecule has 2 aromatic carbocycles. The molecule has 4 heteroatoms. The van der Waals surface area contributed by atoms with Gasteiger partial charge in [0, 0.05) is 10.9 Å². The molecule has 1 aliphatic rings. The van der Waals surface area contributed by atoms with Crippen molar-refractivity contribution >= 4 is 27.7 Å². The highest BCUT2D eigenvalue weighted by Gasteiger charge is 2.38. The van der Waals surface area contributed by atoms with Gasteiger partial charge in [0.05, 0.1) is 12.5 Å². The van der Waals surface area contributed by atoms with E-state index in [1.54, 1.807) is 0 Å². The third-order valence-corrected chi connectivity index (χ3v) is 4.44. The fraction of sp³-hybridized carbons (Fsp3) is 0.222. The Balaban J connectivity index is 1.70. The summed E-state index contributed by atoms with van der Waals surface area (Å²) in [7, 11) is 0. The van der Waals surface area contributed by atoms with Gasteiger partial charge in [0.15, 0.2) is 0 Å². The highest BCUT2D eigenvalue weighted by Crippen LogP contribution is 2.25. The highest BCUT2D eigenvalue weighted by molar-refractivity contribution is 9.10. The average molecular weight is 358 g/mol. The van der Waals surface area contributed by atoms with Gasteiger partial charge in [-0.1, -0.05) is 58.4 Å². The Morgan fingerprint density at radius 2 is 1.64 bits per heavy atom. The Morgan fingerprint density at radius 3 is 2.32 bits per heavy atom. The lowest BCUT2D eigenvalue weighted by Gasteiger charge is -2.15. The normalized spacial score (nSPS) is 18.0. The monoisotopic (exact) mass is 357 g/mol. The van der Waals surface area contributed by atoms with Crippen LogP contribution >= 0.6 is 15.9 Å². The molecule has 0 spiro atoms. The maximum atomic E-state index is 12.5. The van der Waals surface area contributed by atoms with E-state index in [0.717, 1.165) is 15.6 Å². The first kappa shape index (κ1) is 15.0. The average Bonchev–Trinajstić information content (AvgIpc) is 2.78. The molecule has 0 aliphatic carbocycles. The third kappa shape index (κ3) is 3.28. The molecule has 0 bridgehead atoms. The summed E-state index contributed by atoms with van der Waals surface area (Å²) in [6, 6.07) is 17.5. The van der Waals surface area contributed by atoms with E-state index in [1.807, 2.05) is 54.6 Å². The molecule has 1 heterocycles. The molecule has 1 aliphatic heterocycles. The number of benzene rings is 2. The summed E-state index contributed by atoms with van der Waals surface area (Å²) in [4.78, 5) is 26.0. The van der Waals surface area contributed by atoms with E-state index in [9.17, 15) is 9.59 Å². The predicted octanol–water partition coefficient (Wildman–Crippen LogP) is 3.57. The van der Waals surface area contributed by atoms with Crippen LogP contribution in [0.4, 0.5) is 0 Å². The van der Waals surface area contributed by atoms with Crippen LogP contribution in [0.1, 0.15) is 17.5 Å². The van der Waals surface area contributed by atoms with Crippen molar-refractivity contribution in [1.82, 2.24) is 4.90 Å². The van der Waals surface area contributed by atoms with Crippen LogP contribution in [0.15, 0.2) is 59.1 Å². The zero-order valence-corrected chi connectivity index (χ0v) is 13.6. The summed E-state index contributed by atoms with van der Waals surface area (Å²) in [5, 5.41) is 0. The molecule has 1 saturated heterocycles. The standard InChI is InChI=1S/C18H16BrNO2/c19-16-8-6-13(7-9-16)10-15-11-17(21)20(18(15)22)12-14-4-2-1-3-5-14/h1-9,15H,10-12H2/t15-/m0/s1. The lowest BCUT2D eigenvalue weighted by molar-refractivity contribution is -0.140. The van der Waals surface area contributed by atoms with Crippen LogP contribution in [0.2, 0.25) is 0 Å². The minimum atomic E-state index is -0.239. The van der Waals surface area contributed by atoms with E-state index in [0.29, 0.717) is 19.4 Å². The number of likely N-dealkylation sites (tertiary alicyclic amines) is 1. The Bertz CT molecular complexity index is 682. The van der Waals surface area contributed by atoms with Crippen molar-refractivity contribution in [2.24, 2.45) is 5.92 Å². The van der Waals surface area contributed by atoms with Gasteiger partial charge in [0.2, 0.25) is 11.8 Å². The Kier molecular flexibility index (Phi) is 4.39. The number of carbonyl (C=O) groups excluding carboxylic acids is 2. The summed E-state index contributed by atoms with van der Waals surface area (Å²) < 4.78 is 1.01. The van der Waals surface area contributed by atoms with Crippen LogP contribution < -0.4 is 0 Å². The first-order valence-corrected chi connectivity index (χ1v) is 8.05. The fourth-order valence-corrected chi connectivity index (χ4v) is 3.01. The van der Waals surface area contributed by atoms with Crippen LogP contribution in [0, 0.1) is 5.92 Å². The van der Waals surface area contributed by atoms with Crippen molar-refractivity contribution in [2.45, 2.75) is 19.4 Å². The molecule has 0 radical (unpaired) electrons. The molecule has 3 nitrogen and oxygen atoms in total. The van der Waals surface area contributed by atoms with Crippen molar-refractivity contribution in [3.05, 3.63) is 70.2 Å². The highest BCUT2D eigenvalue weighted by atomic mass is 79.9. The van der Waals surface area contributed by atoms with Crippen LogP contribution in [-0.2, 0) is 22.6 Å². The van der Waals surface area contributed by atoms with Gasteiger partial charge in [-0.3, -0.25) is 14.5 Å². The fourth-order valence-electron chi connectivity index (χ4n) is 2.75. The molecular formula is C18H16BrNO2.